The highest BCUT2D eigenvalue weighted by atomic mass is 16.4. The molecule has 3 rings (SSSR count). The number of hydrogen-bond acceptors (Lipinski definition) is 4. The topological polar surface area (TPSA) is 100 Å². The van der Waals surface area contributed by atoms with Gasteiger partial charge in [0.1, 0.15) is 17.6 Å². The van der Waals surface area contributed by atoms with Gasteiger partial charge in [0.05, 0.1) is 25.2 Å². The molecule has 2 aliphatic rings. The van der Waals surface area contributed by atoms with Gasteiger partial charge in [-0.3, -0.25) is 14.1 Å². The zero-order valence-electron chi connectivity index (χ0n) is 13.8. The van der Waals surface area contributed by atoms with Crippen LogP contribution in [0.15, 0.2) is 50.9 Å². The van der Waals surface area contributed by atoms with Gasteiger partial charge in [-0.05, 0) is 12.1 Å². The van der Waals surface area contributed by atoms with Gasteiger partial charge in [-0.1, -0.05) is 6.58 Å². The average molecular weight is 341 g/mol. The summed E-state index contributed by atoms with van der Waals surface area (Å²) >= 11 is 0. The third-order valence-electron chi connectivity index (χ3n) is 4.15. The third-order valence-corrected chi connectivity index (χ3v) is 4.15. The summed E-state index contributed by atoms with van der Waals surface area (Å²) in [6.07, 6.45) is 1.80. The van der Waals surface area contributed by atoms with E-state index < -0.39 is 16.8 Å². The highest BCUT2D eigenvalue weighted by molar-refractivity contribution is 5.88. The lowest BCUT2D eigenvalue weighted by Crippen LogP contribution is -2.40. The Morgan fingerprint density at radius 1 is 1.32 bits per heavy atom. The molecule has 0 amide bonds. The molecule has 0 spiro atoms. The number of carboxylic acid groups (broad SMARTS) is 1. The van der Waals surface area contributed by atoms with Gasteiger partial charge in [0.15, 0.2) is 5.58 Å². The summed E-state index contributed by atoms with van der Waals surface area (Å²) in [5.41, 5.74) is -0.577. The van der Waals surface area contributed by atoms with Gasteiger partial charge >= 0.3 is 5.97 Å². The standard InChI is InChI=1S/C18H16N2O5/c1-4-7-20(2,3)10-5-6-12-14(8-10)25-17-15(19-12)11(18(23)24)9-13(21)16(17)22/h4-6,8-9H,1,7H2,2-3H3,(H-,19,22,23,24)/p+1. The van der Waals surface area contributed by atoms with Crippen molar-refractivity contribution in [1.29, 1.82) is 0 Å². The Kier molecular flexibility index (Phi) is 3.81. The van der Waals surface area contributed by atoms with Crippen molar-refractivity contribution < 1.29 is 14.3 Å². The molecule has 0 aromatic heterocycles. The molecule has 0 bridgehead atoms. The summed E-state index contributed by atoms with van der Waals surface area (Å²) in [6, 6.07) is 6.19. The second kappa shape index (κ2) is 5.71. The minimum Gasteiger partial charge on any atom is -0.478 e. The Hall–Kier alpha value is -3.19. The number of carbonyl (C=O) groups is 1. The molecule has 0 fully saturated rings. The molecule has 1 heterocycles. The Morgan fingerprint density at radius 2 is 2.04 bits per heavy atom. The molecule has 1 aliphatic carbocycles. The van der Waals surface area contributed by atoms with Gasteiger partial charge in [-0.2, -0.15) is 0 Å². The first-order valence-electron chi connectivity index (χ1n) is 7.56. The van der Waals surface area contributed by atoms with Crippen LogP contribution < -0.4 is 15.3 Å². The maximum absolute atomic E-state index is 12.1. The first-order valence-corrected chi connectivity index (χ1v) is 7.56. The minimum absolute atomic E-state index is 0.00260. The SMILES string of the molecule is C=CC[N+](C)(C)c1ccc2[nH]c3c(C(=O)O)cc(=O)c(=O)c=3oc2c1. The number of aromatic carboxylic acids is 1. The van der Waals surface area contributed by atoms with E-state index in [-0.39, 0.29) is 16.3 Å². The van der Waals surface area contributed by atoms with Gasteiger partial charge < -0.3 is 14.5 Å². The van der Waals surface area contributed by atoms with Crippen molar-refractivity contribution in [2.24, 2.45) is 0 Å². The molecule has 25 heavy (non-hydrogen) atoms. The van der Waals surface area contributed by atoms with E-state index in [2.05, 4.69) is 11.6 Å². The summed E-state index contributed by atoms with van der Waals surface area (Å²) in [6.45, 7) is 4.43. The number of rotatable bonds is 4. The predicted molar refractivity (Wildman–Crippen MR) is 94.1 cm³/mol. The van der Waals surface area contributed by atoms with E-state index in [4.69, 9.17) is 4.42 Å². The van der Waals surface area contributed by atoms with Crippen LogP contribution in [0.1, 0.15) is 10.4 Å². The zero-order valence-corrected chi connectivity index (χ0v) is 13.8. The fourth-order valence-electron chi connectivity index (χ4n) is 2.75. The van der Waals surface area contributed by atoms with Gasteiger partial charge in [0, 0.05) is 18.2 Å². The summed E-state index contributed by atoms with van der Waals surface area (Å²) in [4.78, 5) is 38.1. The zero-order chi connectivity index (χ0) is 18.4. The van der Waals surface area contributed by atoms with E-state index in [0.29, 0.717) is 22.1 Å². The number of nitrogens with zero attached hydrogens (tertiary/aromatic N) is 1. The monoisotopic (exact) mass is 341 g/mol. The van der Waals surface area contributed by atoms with E-state index in [0.717, 1.165) is 11.8 Å². The maximum Gasteiger partial charge on any atom is 0.338 e. The molecule has 0 radical (unpaired) electrons. The van der Waals surface area contributed by atoms with Crippen LogP contribution in [0.5, 0.6) is 0 Å². The van der Waals surface area contributed by atoms with Crippen LogP contribution in [0, 0.1) is 10.8 Å². The molecule has 0 saturated carbocycles. The van der Waals surface area contributed by atoms with E-state index >= 15 is 0 Å². The number of nitrogens with one attached hydrogen (secondary N) is 1. The molecule has 0 unspecified atom stereocenters. The van der Waals surface area contributed by atoms with E-state index in [9.17, 15) is 19.5 Å². The second-order valence-electron chi connectivity index (χ2n) is 6.32. The average Bonchev–Trinajstić information content (AvgIpc) is 2.56. The summed E-state index contributed by atoms with van der Waals surface area (Å²) in [7, 11) is 3.98. The fraction of sp³-hybridized carbons (Fsp3) is 0.167. The Bertz CT molecular complexity index is 1190. The summed E-state index contributed by atoms with van der Waals surface area (Å²) in [5, 5.41) is 9.26. The number of carboxylic acids is 1. The second-order valence-corrected chi connectivity index (χ2v) is 6.32. The maximum atomic E-state index is 12.1. The van der Waals surface area contributed by atoms with Crippen molar-refractivity contribution >= 4 is 22.8 Å². The third kappa shape index (κ3) is 2.74. The molecule has 7 heteroatoms. The van der Waals surface area contributed by atoms with Crippen LogP contribution in [0.3, 0.4) is 0 Å². The summed E-state index contributed by atoms with van der Waals surface area (Å²) < 4.78 is 6.13. The molecule has 1 aliphatic heterocycles. The lowest BCUT2D eigenvalue weighted by Gasteiger charge is -2.27. The fourth-order valence-corrected chi connectivity index (χ4v) is 2.75. The minimum atomic E-state index is -1.31. The molecule has 7 nitrogen and oxygen atoms in total. The quantitative estimate of drug-likeness (QED) is 0.427. The highest BCUT2D eigenvalue weighted by Crippen LogP contribution is 2.24. The van der Waals surface area contributed by atoms with Crippen LogP contribution in [-0.2, 0) is 0 Å². The lowest BCUT2D eigenvalue weighted by atomic mass is 10.2. The van der Waals surface area contributed by atoms with Crippen LogP contribution >= 0.6 is 0 Å². The number of fused-ring (bicyclic) bond motifs is 1. The van der Waals surface area contributed by atoms with Crippen LogP contribution in [-0.4, -0.2) is 36.7 Å². The lowest BCUT2D eigenvalue weighted by molar-refractivity contribution is 0.0695. The van der Waals surface area contributed by atoms with Gasteiger partial charge in [0.2, 0.25) is 10.8 Å². The Morgan fingerprint density at radius 3 is 2.68 bits per heavy atom. The van der Waals surface area contributed by atoms with E-state index in [1.54, 1.807) is 18.2 Å². The van der Waals surface area contributed by atoms with Crippen molar-refractivity contribution in [2.45, 2.75) is 0 Å². The largest absolute Gasteiger partial charge is 0.478 e. The first-order chi connectivity index (χ1) is 11.7. The molecule has 0 atom stereocenters. The summed E-state index contributed by atoms with van der Waals surface area (Å²) in [5.74, 6) is -1.31. The normalized spacial score (nSPS) is 11.8. The molecule has 1 aromatic rings. The Labute approximate surface area is 141 Å². The van der Waals surface area contributed by atoms with Crippen molar-refractivity contribution in [2.75, 3.05) is 20.6 Å². The van der Waals surface area contributed by atoms with E-state index in [1.807, 2.05) is 20.2 Å². The molecule has 128 valence electrons. The first kappa shape index (κ1) is 16.7. The van der Waals surface area contributed by atoms with Crippen LogP contribution in [0.4, 0.5) is 5.69 Å². The number of benzene rings is 1. The number of quaternary nitrogens is 1. The smallest absolute Gasteiger partial charge is 0.338 e. The molecule has 0 saturated heterocycles. The van der Waals surface area contributed by atoms with Crippen molar-refractivity contribution in [3.8, 4) is 0 Å². The van der Waals surface area contributed by atoms with Crippen molar-refractivity contribution in [3.05, 3.63) is 73.7 Å². The highest BCUT2D eigenvalue weighted by Gasteiger charge is 2.19. The van der Waals surface area contributed by atoms with Crippen molar-refractivity contribution in [1.82, 2.24) is 9.47 Å². The van der Waals surface area contributed by atoms with Gasteiger partial charge in [0.25, 0.3) is 5.43 Å². The predicted octanol–water partition coefficient (Wildman–Crippen LogP) is 1.66. The van der Waals surface area contributed by atoms with Gasteiger partial charge in [-0.15, -0.1) is 0 Å². The Balaban J connectivity index is 2.41. The van der Waals surface area contributed by atoms with Crippen LogP contribution in [0.25, 0.3) is 11.1 Å². The van der Waals surface area contributed by atoms with Crippen molar-refractivity contribution in [3.63, 3.8) is 0 Å². The van der Waals surface area contributed by atoms with Gasteiger partial charge in [-0.25, -0.2) is 4.79 Å². The van der Waals surface area contributed by atoms with Crippen LogP contribution in [0.2, 0.25) is 0 Å². The van der Waals surface area contributed by atoms with E-state index in [1.165, 1.54) is 0 Å². The number of likely N-dealkylation sites (N-methyl/N-ethyl adjacent to an activating group) is 1. The molecule has 2 N–H and O–H groups in total. The number of H-pyrrole nitrogens is 1. The number of hydrogen-bond donors (Lipinski definition) is 2. The number of aromatic nitrogens is 1. The number of aromatic amines is 1. The molecule has 1 aromatic carbocycles. The molecular formula is C18H17N2O5+. The molecular weight excluding hydrogens is 324 g/mol.